The van der Waals surface area contributed by atoms with Crippen LogP contribution in [0.1, 0.15) is 10.5 Å². The number of aromatic carboxylic acids is 1. The molecule has 0 unspecified atom stereocenters. The molecule has 0 spiro atoms. The lowest BCUT2D eigenvalue weighted by Gasteiger charge is -2.10. The Morgan fingerprint density at radius 1 is 0.768 bits per heavy atom. The van der Waals surface area contributed by atoms with Crippen molar-refractivity contribution in [3.05, 3.63) is 77.7 Å². The molecule has 5 aromatic rings. The van der Waals surface area contributed by atoms with Gasteiger partial charge in [-0.15, -0.1) is 10.2 Å². The van der Waals surface area contributed by atoms with E-state index in [2.05, 4.69) is 45.1 Å². The van der Waals surface area contributed by atoms with Crippen molar-refractivity contribution >= 4 is 92.7 Å². The van der Waals surface area contributed by atoms with Crippen LogP contribution >= 0.6 is 11.6 Å². The standard InChI is InChI=1S/C27H22ClN9O15S4/c28-25-31-26(29-14-1-6-17(7-2-14)53(41,42)12-11-52-56(49,50)51)33-27(32-25)30-15-3-10-20(55(46,47)48)19(13-15)34-35-21-22(24(39)40)36-37(23(21)38)16-4-8-18(9-5-16)54(43,44)45/h1-10,13,38H,11-12H2,(H,39,40)(H,43,44,45)(H,46,47,48)(H,49,50,51)(H2,29,30,31,32,33)/b35-34+. The van der Waals surface area contributed by atoms with Crippen LogP contribution in [0.25, 0.3) is 5.69 Å². The van der Waals surface area contributed by atoms with Gasteiger partial charge < -0.3 is 20.8 Å². The molecular formula is C27H22ClN9O15S4. The SMILES string of the molecule is O=C(O)c1nn(-c2ccc(S(=O)(=O)O)cc2)c(O)c1/N=N/c1cc(Nc2nc(Cl)nc(Nc3ccc(S(=O)(=O)CCOS(=O)(=O)O)cc3)n2)ccc1S(=O)(=O)O. The number of carbonyl (C=O) groups is 1. The molecule has 0 atom stereocenters. The number of carboxylic acid groups (broad SMARTS) is 1. The van der Waals surface area contributed by atoms with Crippen LogP contribution < -0.4 is 10.6 Å². The molecule has 0 aliphatic carbocycles. The van der Waals surface area contributed by atoms with Crippen LogP contribution in [0.2, 0.25) is 5.28 Å². The Balaban J connectivity index is 1.40. The van der Waals surface area contributed by atoms with Crippen LogP contribution in [0.3, 0.4) is 0 Å². The molecule has 0 radical (unpaired) electrons. The van der Waals surface area contributed by atoms with Gasteiger partial charge in [-0.25, -0.2) is 17.4 Å². The summed E-state index contributed by atoms with van der Waals surface area (Å²) in [4.78, 5) is 22.4. The third-order valence-electron chi connectivity index (χ3n) is 6.83. The van der Waals surface area contributed by atoms with E-state index in [0.717, 1.165) is 42.5 Å². The number of hydrogen-bond acceptors (Lipinski definition) is 19. The molecule has 0 aliphatic rings. The molecule has 0 saturated carbocycles. The summed E-state index contributed by atoms with van der Waals surface area (Å²) in [5, 5.41) is 36.7. The van der Waals surface area contributed by atoms with Crippen molar-refractivity contribution in [3.63, 3.8) is 0 Å². The summed E-state index contributed by atoms with van der Waals surface area (Å²) < 4.78 is 126. The molecule has 7 N–H and O–H groups in total. The van der Waals surface area contributed by atoms with E-state index in [1.807, 2.05) is 0 Å². The number of sulfone groups is 1. The van der Waals surface area contributed by atoms with Crippen molar-refractivity contribution in [1.82, 2.24) is 24.7 Å². The number of hydrogen-bond donors (Lipinski definition) is 7. The summed E-state index contributed by atoms with van der Waals surface area (Å²) in [7, 11) is -18.4. The fourth-order valence-electron chi connectivity index (χ4n) is 4.40. The van der Waals surface area contributed by atoms with Gasteiger partial charge in [0.1, 0.15) is 10.6 Å². The second-order valence-corrected chi connectivity index (χ2v) is 17.0. The molecule has 0 aliphatic heterocycles. The second kappa shape index (κ2) is 15.8. The number of aromatic hydroxyl groups is 1. The fraction of sp³-hybridized carbons (Fsp3) is 0.0741. The zero-order chi connectivity index (χ0) is 41.2. The highest BCUT2D eigenvalue weighted by Crippen LogP contribution is 2.36. The molecule has 29 heteroatoms. The number of benzene rings is 3. The first-order valence-electron chi connectivity index (χ1n) is 14.6. The highest BCUT2D eigenvalue weighted by molar-refractivity contribution is 7.91. The molecule has 56 heavy (non-hydrogen) atoms. The first kappa shape index (κ1) is 41.4. The van der Waals surface area contributed by atoms with E-state index in [4.69, 9.17) is 16.2 Å². The maximum atomic E-state index is 12.5. The van der Waals surface area contributed by atoms with E-state index in [0.29, 0.717) is 4.68 Å². The molecule has 2 aromatic heterocycles. The number of nitrogens with zero attached hydrogens (tertiary/aromatic N) is 7. The van der Waals surface area contributed by atoms with Gasteiger partial charge in [-0.05, 0) is 78.3 Å². The van der Waals surface area contributed by atoms with Gasteiger partial charge in [-0.2, -0.15) is 50.0 Å². The van der Waals surface area contributed by atoms with Crippen LogP contribution in [-0.4, -0.2) is 101 Å². The van der Waals surface area contributed by atoms with Crippen LogP contribution in [0.4, 0.5) is 34.6 Å². The molecule has 2 heterocycles. The lowest BCUT2D eigenvalue weighted by atomic mass is 10.3. The van der Waals surface area contributed by atoms with Crippen molar-refractivity contribution < 1.29 is 66.5 Å². The minimum absolute atomic E-state index is 0.00981. The smallest absolute Gasteiger partial charge is 0.397 e. The number of azo groups is 1. The second-order valence-electron chi connectivity index (χ2n) is 10.7. The van der Waals surface area contributed by atoms with Gasteiger partial charge in [-0.3, -0.25) is 13.7 Å². The summed E-state index contributed by atoms with van der Waals surface area (Å²) in [5.41, 5.74) is -2.11. The predicted octanol–water partition coefficient (Wildman–Crippen LogP) is 3.10. The zero-order valence-electron chi connectivity index (χ0n) is 27.2. The molecule has 24 nitrogen and oxygen atoms in total. The summed E-state index contributed by atoms with van der Waals surface area (Å²) >= 11 is 6.05. The molecular weight excluding hydrogens is 854 g/mol. The van der Waals surface area contributed by atoms with E-state index in [1.54, 1.807) is 0 Å². The van der Waals surface area contributed by atoms with Gasteiger partial charge in [0.2, 0.25) is 28.8 Å². The molecule has 0 bridgehead atoms. The topological polar surface area (TPSA) is 369 Å². The average molecular weight is 876 g/mol. The van der Waals surface area contributed by atoms with Crippen LogP contribution in [0, 0.1) is 0 Å². The summed E-state index contributed by atoms with van der Waals surface area (Å²) in [6.07, 6.45) is 0. The minimum atomic E-state index is -4.99. The van der Waals surface area contributed by atoms with Crippen LogP contribution in [0.5, 0.6) is 5.88 Å². The number of anilines is 4. The maximum absolute atomic E-state index is 12.5. The third-order valence-corrected chi connectivity index (χ3v) is 10.9. The quantitative estimate of drug-likeness (QED) is 0.0586. The summed E-state index contributed by atoms with van der Waals surface area (Å²) in [6.45, 7) is -0.828. The number of halogens is 1. The first-order chi connectivity index (χ1) is 26.0. The van der Waals surface area contributed by atoms with Crippen molar-refractivity contribution in [2.24, 2.45) is 10.2 Å². The number of carboxylic acids is 1. The molecule has 0 saturated heterocycles. The van der Waals surface area contributed by atoms with E-state index in [-0.39, 0.29) is 39.1 Å². The maximum Gasteiger partial charge on any atom is 0.397 e. The van der Waals surface area contributed by atoms with Gasteiger partial charge in [0, 0.05) is 11.4 Å². The molecule has 0 fully saturated rings. The van der Waals surface area contributed by atoms with E-state index >= 15 is 0 Å². The Hall–Kier alpha value is -5.72. The van der Waals surface area contributed by atoms with Crippen LogP contribution in [-0.2, 0) is 44.7 Å². The first-order valence-corrected chi connectivity index (χ1v) is 20.8. The Bertz CT molecular complexity index is 2820. The van der Waals surface area contributed by atoms with Crippen molar-refractivity contribution in [2.75, 3.05) is 23.0 Å². The van der Waals surface area contributed by atoms with Crippen molar-refractivity contribution in [3.8, 4) is 11.6 Å². The Morgan fingerprint density at radius 3 is 1.89 bits per heavy atom. The van der Waals surface area contributed by atoms with E-state index < -0.39 is 91.5 Å². The molecule has 0 amide bonds. The van der Waals surface area contributed by atoms with E-state index in [1.165, 1.54) is 24.3 Å². The highest BCUT2D eigenvalue weighted by Gasteiger charge is 2.25. The average Bonchev–Trinajstić information content (AvgIpc) is 3.42. The van der Waals surface area contributed by atoms with Gasteiger partial charge >= 0.3 is 16.4 Å². The predicted molar refractivity (Wildman–Crippen MR) is 190 cm³/mol. The Kier molecular flexibility index (Phi) is 11.7. The third kappa shape index (κ3) is 10.3. The highest BCUT2D eigenvalue weighted by atomic mass is 35.5. The largest absolute Gasteiger partial charge is 0.492 e. The Labute approximate surface area is 319 Å². The van der Waals surface area contributed by atoms with Gasteiger partial charge in [0.25, 0.3) is 20.2 Å². The fourth-order valence-corrected chi connectivity index (χ4v) is 7.14. The Morgan fingerprint density at radius 2 is 1.34 bits per heavy atom. The summed E-state index contributed by atoms with van der Waals surface area (Å²) in [6, 6.07) is 12.0. The van der Waals surface area contributed by atoms with Crippen molar-refractivity contribution in [2.45, 2.75) is 14.7 Å². The lowest BCUT2D eigenvalue weighted by Crippen LogP contribution is -2.15. The van der Waals surface area contributed by atoms with Crippen molar-refractivity contribution in [1.29, 1.82) is 0 Å². The van der Waals surface area contributed by atoms with Crippen LogP contribution in [0.15, 0.2) is 91.6 Å². The molecule has 5 rings (SSSR count). The number of nitrogens with one attached hydrogen (secondary N) is 2. The van der Waals surface area contributed by atoms with Gasteiger partial charge in [0.15, 0.2) is 15.5 Å². The molecule has 3 aromatic carbocycles. The van der Waals surface area contributed by atoms with E-state index in [9.17, 15) is 57.8 Å². The number of rotatable bonds is 15. The lowest BCUT2D eigenvalue weighted by molar-refractivity contribution is 0.0690. The monoisotopic (exact) mass is 875 g/mol. The van der Waals surface area contributed by atoms with Gasteiger partial charge in [-0.1, -0.05) is 0 Å². The van der Waals surface area contributed by atoms with Gasteiger partial charge in [0.05, 0.1) is 27.8 Å². The summed E-state index contributed by atoms with van der Waals surface area (Å²) in [5.74, 6) is -3.84. The minimum Gasteiger partial charge on any atom is -0.492 e. The molecule has 296 valence electrons. The normalized spacial score (nSPS) is 12.5. The number of aromatic nitrogens is 5. The zero-order valence-corrected chi connectivity index (χ0v) is 31.2.